The van der Waals surface area contributed by atoms with E-state index < -0.39 is 35.2 Å². The molecule has 8 nitrogen and oxygen atoms in total. The molecule has 174 valence electrons. The van der Waals surface area contributed by atoms with Crippen molar-refractivity contribution < 1.29 is 29.0 Å². The van der Waals surface area contributed by atoms with Crippen LogP contribution in [0.15, 0.2) is 29.5 Å². The summed E-state index contributed by atoms with van der Waals surface area (Å²) in [5, 5.41) is 12.3. The van der Waals surface area contributed by atoms with E-state index in [1.54, 1.807) is 39.0 Å². The molecule has 2 rings (SSSR count). The zero-order valence-corrected chi connectivity index (χ0v) is 20.1. The second-order valence-electron chi connectivity index (χ2n) is 7.14. The van der Waals surface area contributed by atoms with E-state index in [9.17, 15) is 24.3 Å². The molecule has 2 N–H and O–H groups in total. The molecular weight excluding hydrogens is 479 g/mol. The van der Waals surface area contributed by atoms with E-state index in [1.165, 1.54) is 11.8 Å². The summed E-state index contributed by atoms with van der Waals surface area (Å²) in [6.07, 6.45) is -0.00906. The van der Waals surface area contributed by atoms with E-state index in [-0.39, 0.29) is 30.9 Å². The predicted molar refractivity (Wildman–Crippen MR) is 122 cm³/mol. The Labute approximate surface area is 200 Å². The number of halogens is 2. The molecule has 1 heterocycles. The van der Waals surface area contributed by atoms with E-state index in [0.29, 0.717) is 21.2 Å². The number of likely N-dealkylation sites (tertiary alicyclic amines) is 1. The maximum absolute atomic E-state index is 12.8. The number of carbonyl (C=O) groups excluding carboxylic acids is 3. The van der Waals surface area contributed by atoms with Gasteiger partial charge in [0.25, 0.3) is 5.91 Å². The van der Waals surface area contributed by atoms with Crippen molar-refractivity contribution in [2.24, 2.45) is 0 Å². The highest BCUT2D eigenvalue weighted by atomic mass is 35.5. The molecule has 1 aliphatic rings. The number of carbonyl (C=O) groups is 4. The van der Waals surface area contributed by atoms with Gasteiger partial charge in [-0.15, -0.1) is 11.8 Å². The monoisotopic (exact) mass is 502 g/mol. The minimum atomic E-state index is -1.25. The normalized spacial score (nSPS) is 17.4. The number of β-lactam (4-membered cyclic amide) rings is 1. The Morgan fingerprint density at radius 2 is 1.94 bits per heavy atom. The van der Waals surface area contributed by atoms with Crippen molar-refractivity contribution in [2.45, 2.75) is 45.0 Å². The Balaban J connectivity index is 2.15. The van der Waals surface area contributed by atoms with E-state index in [4.69, 9.17) is 27.9 Å². The summed E-state index contributed by atoms with van der Waals surface area (Å²) in [7, 11) is 0. The van der Waals surface area contributed by atoms with Gasteiger partial charge in [-0.25, -0.2) is 4.79 Å². The molecule has 1 saturated heterocycles. The van der Waals surface area contributed by atoms with Gasteiger partial charge in [0.1, 0.15) is 17.1 Å². The second kappa shape index (κ2) is 11.6. The standard InChI is InChI=1S/C21H24Cl2N2O6S/c1-4-31-16(27)7-8-32-20-17(19(28)25(20)18(11(2)3)21(29)30)24-15(26)10-12-9-13(22)5-6-14(12)23/h5-6,9,17,20H,4,7-8,10H2,1-3H3,(H,24,26)(H,29,30). The number of rotatable bonds is 10. The fourth-order valence-corrected chi connectivity index (χ4v) is 4.78. The summed E-state index contributed by atoms with van der Waals surface area (Å²) in [4.78, 5) is 49.9. The van der Waals surface area contributed by atoms with Crippen LogP contribution in [0.3, 0.4) is 0 Å². The third-order valence-electron chi connectivity index (χ3n) is 4.54. The minimum absolute atomic E-state index is 0.0903. The van der Waals surface area contributed by atoms with E-state index >= 15 is 0 Å². The fourth-order valence-electron chi connectivity index (χ4n) is 3.14. The first-order valence-electron chi connectivity index (χ1n) is 9.81. The minimum Gasteiger partial charge on any atom is -0.477 e. The molecule has 0 saturated carbocycles. The SMILES string of the molecule is CCOC(=O)CCSC1C(NC(=O)Cc2cc(Cl)ccc2Cl)C(=O)N1C(C(=O)O)=C(C)C. The van der Waals surface area contributed by atoms with Gasteiger partial charge in [-0.3, -0.25) is 19.3 Å². The van der Waals surface area contributed by atoms with Crippen molar-refractivity contribution in [1.82, 2.24) is 10.2 Å². The smallest absolute Gasteiger partial charge is 0.352 e. The third kappa shape index (κ3) is 6.40. The Kier molecular flexibility index (Phi) is 9.42. The number of ether oxygens (including phenoxy) is 1. The van der Waals surface area contributed by atoms with Crippen LogP contribution in [-0.4, -0.2) is 57.5 Å². The van der Waals surface area contributed by atoms with Crippen LogP contribution in [0.25, 0.3) is 0 Å². The highest BCUT2D eigenvalue weighted by Gasteiger charge is 2.51. The van der Waals surface area contributed by atoms with Crippen molar-refractivity contribution in [2.75, 3.05) is 12.4 Å². The molecular formula is C21H24Cl2N2O6S. The highest BCUT2D eigenvalue weighted by molar-refractivity contribution is 8.00. The van der Waals surface area contributed by atoms with Gasteiger partial charge in [0.05, 0.1) is 19.4 Å². The molecule has 0 bridgehead atoms. The number of hydrogen-bond acceptors (Lipinski definition) is 6. The van der Waals surface area contributed by atoms with Crippen LogP contribution < -0.4 is 5.32 Å². The van der Waals surface area contributed by atoms with Gasteiger partial charge in [-0.1, -0.05) is 23.2 Å². The van der Waals surface area contributed by atoms with Gasteiger partial charge >= 0.3 is 11.9 Å². The first-order chi connectivity index (χ1) is 15.1. The summed E-state index contributed by atoms with van der Waals surface area (Å²) in [6.45, 7) is 5.13. The average Bonchev–Trinajstić information content (AvgIpc) is 2.70. The number of esters is 1. The van der Waals surface area contributed by atoms with Crippen LogP contribution in [-0.2, 0) is 30.3 Å². The number of thioether (sulfide) groups is 1. The second-order valence-corrected chi connectivity index (χ2v) is 9.20. The number of hydrogen-bond donors (Lipinski definition) is 2. The van der Waals surface area contributed by atoms with Gasteiger partial charge in [0.2, 0.25) is 5.91 Å². The largest absolute Gasteiger partial charge is 0.477 e. The zero-order chi connectivity index (χ0) is 24.0. The molecule has 32 heavy (non-hydrogen) atoms. The average molecular weight is 503 g/mol. The Morgan fingerprint density at radius 3 is 2.53 bits per heavy atom. The zero-order valence-electron chi connectivity index (χ0n) is 17.8. The predicted octanol–water partition coefficient (Wildman–Crippen LogP) is 3.25. The lowest BCUT2D eigenvalue weighted by Crippen LogP contribution is -2.69. The molecule has 2 unspecified atom stereocenters. The number of carboxylic acid groups (broad SMARTS) is 1. The first kappa shape index (κ1) is 26.0. The lowest BCUT2D eigenvalue weighted by atomic mass is 10.0. The van der Waals surface area contributed by atoms with Crippen molar-refractivity contribution in [3.63, 3.8) is 0 Å². The summed E-state index contributed by atoms with van der Waals surface area (Å²) in [6, 6.07) is 3.79. The lowest BCUT2D eigenvalue weighted by molar-refractivity contribution is -0.150. The van der Waals surface area contributed by atoms with Crippen LogP contribution in [0.1, 0.15) is 32.8 Å². The molecule has 11 heteroatoms. The molecule has 2 atom stereocenters. The van der Waals surface area contributed by atoms with Gasteiger partial charge in [0.15, 0.2) is 0 Å². The Hall–Kier alpha value is -2.23. The molecule has 1 aromatic rings. The molecule has 0 radical (unpaired) electrons. The lowest BCUT2D eigenvalue weighted by Gasteiger charge is -2.47. The van der Waals surface area contributed by atoms with Crippen molar-refractivity contribution in [3.8, 4) is 0 Å². The summed E-state index contributed by atoms with van der Waals surface area (Å²) >= 11 is 13.3. The topological polar surface area (TPSA) is 113 Å². The maximum Gasteiger partial charge on any atom is 0.352 e. The molecule has 1 aromatic carbocycles. The van der Waals surface area contributed by atoms with E-state index in [2.05, 4.69) is 5.32 Å². The number of nitrogens with one attached hydrogen (secondary N) is 1. The summed E-state index contributed by atoms with van der Waals surface area (Å²) in [5.74, 6) is -2.35. The van der Waals surface area contributed by atoms with E-state index in [0.717, 1.165) is 4.90 Å². The Bertz CT molecular complexity index is 948. The number of nitrogens with zero attached hydrogens (tertiary/aromatic N) is 1. The Morgan fingerprint density at radius 1 is 1.25 bits per heavy atom. The number of benzene rings is 1. The van der Waals surface area contributed by atoms with Gasteiger partial charge in [-0.05, 0) is 50.1 Å². The maximum atomic E-state index is 12.8. The van der Waals surface area contributed by atoms with Crippen LogP contribution in [0.5, 0.6) is 0 Å². The molecule has 2 amide bonds. The fraction of sp³-hybridized carbons (Fsp3) is 0.429. The molecule has 0 aliphatic carbocycles. The highest BCUT2D eigenvalue weighted by Crippen LogP contribution is 2.35. The number of aliphatic carboxylic acids is 1. The van der Waals surface area contributed by atoms with Gasteiger partial charge in [-0.2, -0.15) is 0 Å². The summed E-state index contributed by atoms with van der Waals surface area (Å²) < 4.78 is 4.90. The van der Waals surface area contributed by atoms with Crippen molar-refractivity contribution in [3.05, 3.63) is 45.1 Å². The van der Waals surface area contributed by atoms with Gasteiger partial charge in [0, 0.05) is 15.8 Å². The van der Waals surface area contributed by atoms with Crippen LogP contribution in [0.4, 0.5) is 0 Å². The molecule has 1 aliphatic heterocycles. The first-order valence-corrected chi connectivity index (χ1v) is 11.6. The molecule has 0 spiro atoms. The van der Waals surface area contributed by atoms with Crippen LogP contribution >= 0.6 is 35.0 Å². The number of amides is 2. The number of allylic oxidation sites excluding steroid dienone is 1. The molecule has 0 aromatic heterocycles. The van der Waals surface area contributed by atoms with Crippen molar-refractivity contribution in [1.29, 1.82) is 0 Å². The van der Waals surface area contributed by atoms with Crippen LogP contribution in [0, 0.1) is 0 Å². The van der Waals surface area contributed by atoms with Crippen LogP contribution in [0.2, 0.25) is 10.0 Å². The van der Waals surface area contributed by atoms with Gasteiger partial charge < -0.3 is 15.2 Å². The molecule has 1 fully saturated rings. The summed E-state index contributed by atoms with van der Waals surface area (Å²) in [5.41, 5.74) is 0.798. The van der Waals surface area contributed by atoms with Crippen molar-refractivity contribution >= 4 is 58.7 Å². The third-order valence-corrected chi connectivity index (χ3v) is 6.40. The quantitative estimate of drug-likeness (QED) is 0.286. The number of carboxylic acids is 1. The van der Waals surface area contributed by atoms with E-state index in [1.807, 2.05) is 0 Å².